The first-order chi connectivity index (χ1) is 6.00. The molecule has 0 aromatic heterocycles. The van der Waals surface area contributed by atoms with Crippen molar-refractivity contribution in [2.75, 3.05) is 0 Å². The molecule has 0 aliphatic carbocycles. The monoisotopic (exact) mass is 406 g/mol. The van der Waals surface area contributed by atoms with Gasteiger partial charge in [-0.05, 0) is 57.3 Å². The van der Waals surface area contributed by atoms with E-state index in [4.69, 9.17) is 5.11 Å². The SMILES string of the molecule is O=C(O)Cc1cc(I)cc(I)c1F. The van der Waals surface area contributed by atoms with E-state index in [1.165, 1.54) is 0 Å². The number of hydrogen-bond donors (Lipinski definition) is 1. The van der Waals surface area contributed by atoms with Crippen LogP contribution in [-0.2, 0) is 11.2 Å². The summed E-state index contributed by atoms with van der Waals surface area (Å²) in [5.74, 6) is -1.44. The molecular formula is C8H5FI2O2. The fraction of sp³-hybridized carbons (Fsp3) is 0.125. The van der Waals surface area contributed by atoms with Crippen LogP contribution in [0.25, 0.3) is 0 Å². The quantitative estimate of drug-likeness (QED) is 0.606. The number of rotatable bonds is 2. The summed E-state index contributed by atoms with van der Waals surface area (Å²) < 4.78 is 14.6. The number of benzene rings is 1. The highest BCUT2D eigenvalue weighted by molar-refractivity contribution is 14.1. The number of halogens is 3. The van der Waals surface area contributed by atoms with Crippen LogP contribution in [0.5, 0.6) is 0 Å². The molecule has 5 heteroatoms. The summed E-state index contributed by atoms with van der Waals surface area (Å²) in [6.45, 7) is 0. The minimum atomic E-state index is -1.02. The summed E-state index contributed by atoms with van der Waals surface area (Å²) in [6, 6.07) is 3.22. The van der Waals surface area contributed by atoms with Crippen molar-refractivity contribution in [1.82, 2.24) is 0 Å². The van der Waals surface area contributed by atoms with Crippen LogP contribution in [0, 0.1) is 13.0 Å². The van der Waals surface area contributed by atoms with E-state index < -0.39 is 11.8 Å². The Morgan fingerprint density at radius 3 is 2.62 bits per heavy atom. The zero-order valence-electron chi connectivity index (χ0n) is 6.35. The van der Waals surface area contributed by atoms with Crippen molar-refractivity contribution in [2.45, 2.75) is 6.42 Å². The van der Waals surface area contributed by atoms with Gasteiger partial charge in [-0.1, -0.05) is 0 Å². The van der Waals surface area contributed by atoms with Crippen molar-refractivity contribution in [3.05, 3.63) is 30.7 Å². The van der Waals surface area contributed by atoms with Gasteiger partial charge in [0.1, 0.15) is 5.82 Å². The maximum absolute atomic E-state index is 13.3. The van der Waals surface area contributed by atoms with E-state index in [0.717, 1.165) is 3.57 Å². The fourth-order valence-corrected chi connectivity index (χ4v) is 2.87. The minimum absolute atomic E-state index is 0.240. The Labute approximate surface area is 102 Å². The molecule has 70 valence electrons. The Balaban J connectivity index is 3.12. The molecule has 0 unspecified atom stereocenters. The highest BCUT2D eigenvalue weighted by Gasteiger charge is 2.10. The zero-order chi connectivity index (χ0) is 10.0. The molecule has 0 amide bonds. The molecular weight excluding hydrogens is 401 g/mol. The highest BCUT2D eigenvalue weighted by atomic mass is 127. The lowest BCUT2D eigenvalue weighted by Gasteiger charge is -2.02. The van der Waals surface area contributed by atoms with Gasteiger partial charge in [-0.3, -0.25) is 4.79 Å². The van der Waals surface area contributed by atoms with Gasteiger partial charge in [0.05, 0.1) is 9.99 Å². The largest absolute Gasteiger partial charge is 0.481 e. The molecule has 1 rings (SSSR count). The van der Waals surface area contributed by atoms with Gasteiger partial charge in [0.2, 0.25) is 0 Å². The first-order valence-electron chi connectivity index (χ1n) is 3.36. The summed E-state index contributed by atoms with van der Waals surface area (Å²) in [7, 11) is 0. The number of carboxylic acid groups (broad SMARTS) is 1. The molecule has 0 aliphatic rings. The molecule has 0 saturated carbocycles. The topological polar surface area (TPSA) is 37.3 Å². The van der Waals surface area contributed by atoms with E-state index >= 15 is 0 Å². The molecule has 0 heterocycles. The summed E-state index contributed by atoms with van der Waals surface area (Å²) >= 11 is 3.88. The summed E-state index contributed by atoms with van der Waals surface area (Å²) in [5, 5.41) is 8.50. The smallest absolute Gasteiger partial charge is 0.307 e. The van der Waals surface area contributed by atoms with Crippen molar-refractivity contribution < 1.29 is 14.3 Å². The molecule has 13 heavy (non-hydrogen) atoms. The lowest BCUT2D eigenvalue weighted by molar-refractivity contribution is -0.136. The molecule has 0 saturated heterocycles. The Bertz CT molecular complexity index is 352. The number of hydrogen-bond acceptors (Lipinski definition) is 1. The molecule has 0 fully saturated rings. The molecule has 1 aromatic rings. The first kappa shape index (κ1) is 11.2. The zero-order valence-corrected chi connectivity index (χ0v) is 10.7. The van der Waals surface area contributed by atoms with Gasteiger partial charge in [-0.25, -0.2) is 4.39 Å². The average Bonchev–Trinajstić information content (AvgIpc) is 1.98. The third-order valence-electron chi connectivity index (χ3n) is 1.41. The van der Waals surface area contributed by atoms with Crippen LogP contribution in [0.4, 0.5) is 4.39 Å². The molecule has 0 atom stereocenters. The van der Waals surface area contributed by atoms with Gasteiger partial charge >= 0.3 is 5.97 Å². The molecule has 2 nitrogen and oxygen atoms in total. The van der Waals surface area contributed by atoms with Gasteiger partial charge in [0, 0.05) is 9.13 Å². The van der Waals surface area contributed by atoms with E-state index in [0.29, 0.717) is 3.57 Å². The molecule has 0 bridgehead atoms. The van der Waals surface area contributed by atoms with Gasteiger partial charge in [-0.2, -0.15) is 0 Å². The second-order valence-corrected chi connectivity index (χ2v) is 4.84. The fourth-order valence-electron chi connectivity index (χ4n) is 0.901. The van der Waals surface area contributed by atoms with Crippen LogP contribution in [0.1, 0.15) is 5.56 Å². The predicted octanol–water partition coefficient (Wildman–Crippen LogP) is 2.66. The highest BCUT2D eigenvalue weighted by Crippen LogP contribution is 2.19. The van der Waals surface area contributed by atoms with E-state index in [-0.39, 0.29) is 12.0 Å². The van der Waals surface area contributed by atoms with E-state index in [1.54, 1.807) is 12.1 Å². The second-order valence-electron chi connectivity index (χ2n) is 2.43. The number of aliphatic carboxylic acids is 1. The maximum Gasteiger partial charge on any atom is 0.307 e. The summed E-state index contributed by atoms with van der Waals surface area (Å²) in [4.78, 5) is 10.4. The molecule has 0 radical (unpaired) electrons. The van der Waals surface area contributed by atoms with Crippen LogP contribution in [0.3, 0.4) is 0 Å². The van der Waals surface area contributed by atoms with Gasteiger partial charge in [0.25, 0.3) is 0 Å². The third-order valence-corrected chi connectivity index (χ3v) is 2.82. The second kappa shape index (κ2) is 4.54. The van der Waals surface area contributed by atoms with Gasteiger partial charge < -0.3 is 5.11 Å². The van der Waals surface area contributed by atoms with E-state index in [2.05, 4.69) is 0 Å². The Hall–Kier alpha value is 0.0800. The predicted molar refractivity (Wildman–Crippen MR) is 63.2 cm³/mol. The lowest BCUT2D eigenvalue weighted by Crippen LogP contribution is -2.04. The Kier molecular flexibility index (Phi) is 3.89. The lowest BCUT2D eigenvalue weighted by atomic mass is 10.1. The van der Waals surface area contributed by atoms with Crippen LogP contribution in [0.15, 0.2) is 12.1 Å². The van der Waals surface area contributed by atoms with E-state index in [9.17, 15) is 9.18 Å². The first-order valence-corrected chi connectivity index (χ1v) is 5.51. The number of carboxylic acids is 1. The normalized spacial score (nSPS) is 10.1. The van der Waals surface area contributed by atoms with Crippen LogP contribution >= 0.6 is 45.2 Å². The minimum Gasteiger partial charge on any atom is -0.481 e. The van der Waals surface area contributed by atoms with Crippen molar-refractivity contribution in [3.8, 4) is 0 Å². The standard InChI is InChI=1S/C8H5FI2O2/c9-8-4(2-7(12)13)1-5(10)3-6(8)11/h1,3H,2H2,(H,12,13). The summed E-state index contributed by atoms with van der Waals surface area (Å²) in [6.07, 6.45) is -0.265. The Morgan fingerprint density at radius 2 is 2.08 bits per heavy atom. The van der Waals surface area contributed by atoms with Crippen LogP contribution in [0.2, 0.25) is 0 Å². The van der Waals surface area contributed by atoms with Gasteiger partial charge in [-0.15, -0.1) is 0 Å². The molecule has 0 spiro atoms. The van der Waals surface area contributed by atoms with E-state index in [1.807, 2.05) is 45.2 Å². The Morgan fingerprint density at radius 1 is 1.46 bits per heavy atom. The van der Waals surface area contributed by atoms with Crippen molar-refractivity contribution in [3.63, 3.8) is 0 Å². The molecule has 1 aromatic carbocycles. The van der Waals surface area contributed by atoms with Crippen LogP contribution in [-0.4, -0.2) is 11.1 Å². The molecule has 1 N–H and O–H groups in total. The third kappa shape index (κ3) is 3.04. The van der Waals surface area contributed by atoms with Crippen molar-refractivity contribution in [2.24, 2.45) is 0 Å². The van der Waals surface area contributed by atoms with Crippen LogP contribution < -0.4 is 0 Å². The summed E-state index contributed by atoms with van der Waals surface area (Å²) in [5.41, 5.74) is 0.240. The maximum atomic E-state index is 13.3. The average molecular weight is 406 g/mol. The van der Waals surface area contributed by atoms with Gasteiger partial charge in [0.15, 0.2) is 0 Å². The van der Waals surface area contributed by atoms with Crippen molar-refractivity contribution >= 4 is 51.2 Å². The molecule has 0 aliphatic heterocycles. The van der Waals surface area contributed by atoms with Crippen molar-refractivity contribution in [1.29, 1.82) is 0 Å². The number of carbonyl (C=O) groups is 1.